The Bertz CT molecular complexity index is 810. The van der Waals surface area contributed by atoms with Gasteiger partial charge in [0, 0.05) is 36.6 Å². The predicted molar refractivity (Wildman–Crippen MR) is 101 cm³/mol. The topological polar surface area (TPSA) is 62.7 Å². The Kier molecular flexibility index (Phi) is 5.56. The molecule has 0 aliphatic carbocycles. The highest BCUT2D eigenvalue weighted by atomic mass is 32.1. The van der Waals surface area contributed by atoms with E-state index < -0.39 is 0 Å². The molecule has 1 aliphatic rings. The summed E-state index contributed by atoms with van der Waals surface area (Å²) in [6.07, 6.45) is 0.390. The van der Waals surface area contributed by atoms with E-state index in [0.717, 1.165) is 15.6 Å². The van der Waals surface area contributed by atoms with Gasteiger partial charge in [0.2, 0.25) is 5.91 Å². The maximum absolute atomic E-state index is 12.6. The molecule has 1 aliphatic heterocycles. The number of nitrogens with zero attached hydrogens (tertiary/aromatic N) is 3. The van der Waals surface area contributed by atoms with Crippen LogP contribution in [-0.4, -0.2) is 59.9 Å². The van der Waals surface area contributed by atoms with Crippen molar-refractivity contribution in [3.8, 4) is 5.75 Å². The summed E-state index contributed by atoms with van der Waals surface area (Å²) in [5.41, 5.74) is 1.55. The first-order valence-corrected chi connectivity index (χ1v) is 9.43. The molecule has 0 bridgehead atoms. The van der Waals surface area contributed by atoms with Crippen molar-refractivity contribution in [2.75, 3.05) is 33.3 Å². The summed E-state index contributed by atoms with van der Waals surface area (Å²) in [7, 11) is 1.58. The van der Waals surface area contributed by atoms with Gasteiger partial charge in [-0.1, -0.05) is 6.07 Å². The van der Waals surface area contributed by atoms with E-state index in [9.17, 15) is 9.59 Å². The second-order valence-electron chi connectivity index (χ2n) is 6.32. The molecule has 3 rings (SSSR count). The summed E-state index contributed by atoms with van der Waals surface area (Å²) >= 11 is 1.58. The number of benzene rings is 1. The van der Waals surface area contributed by atoms with Crippen molar-refractivity contribution < 1.29 is 14.3 Å². The quantitative estimate of drug-likeness (QED) is 0.825. The zero-order valence-corrected chi connectivity index (χ0v) is 16.1. The van der Waals surface area contributed by atoms with Crippen molar-refractivity contribution in [2.45, 2.75) is 20.3 Å². The molecule has 0 spiro atoms. The maximum Gasteiger partial charge on any atom is 0.254 e. The monoisotopic (exact) mass is 373 g/mol. The van der Waals surface area contributed by atoms with Crippen molar-refractivity contribution in [1.82, 2.24) is 14.8 Å². The van der Waals surface area contributed by atoms with Gasteiger partial charge in [0.05, 0.1) is 24.2 Å². The molecule has 2 amide bonds. The smallest absolute Gasteiger partial charge is 0.254 e. The van der Waals surface area contributed by atoms with Gasteiger partial charge in [0.1, 0.15) is 5.75 Å². The fraction of sp³-hybridized carbons (Fsp3) is 0.421. The van der Waals surface area contributed by atoms with Crippen molar-refractivity contribution in [1.29, 1.82) is 0 Å². The van der Waals surface area contributed by atoms with Crippen molar-refractivity contribution >= 4 is 23.2 Å². The first-order chi connectivity index (χ1) is 12.5. The Morgan fingerprint density at radius 2 is 1.85 bits per heavy atom. The Labute approximate surface area is 157 Å². The molecule has 2 heterocycles. The van der Waals surface area contributed by atoms with Gasteiger partial charge in [-0.05, 0) is 32.0 Å². The molecule has 0 N–H and O–H groups in total. The second kappa shape index (κ2) is 7.86. The number of methoxy groups -OCH3 is 1. The van der Waals surface area contributed by atoms with Crippen molar-refractivity contribution in [3.05, 3.63) is 45.4 Å². The Hall–Kier alpha value is -2.41. The van der Waals surface area contributed by atoms with Crippen molar-refractivity contribution in [3.63, 3.8) is 0 Å². The molecule has 0 saturated carbocycles. The second-order valence-corrected chi connectivity index (χ2v) is 7.61. The van der Waals surface area contributed by atoms with E-state index >= 15 is 0 Å². The lowest BCUT2D eigenvalue weighted by molar-refractivity contribution is -0.131. The van der Waals surface area contributed by atoms with Crippen LogP contribution < -0.4 is 4.74 Å². The lowest BCUT2D eigenvalue weighted by atomic mass is 10.1. The SMILES string of the molecule is COc1cccc(C(=O)N2CCN(C(=O)Cc3sc(C)nc3C)CC2)c1. The Morgan fingerprint density at radius 3 is 2.46 bits per heavy atom. The number of piperazine rings is 1. The van der Waals surface area contributed by atoms with Gasteiger partial charge >= 0.3 is 0 Å². The van der Waals surface area contributed by atoms with E-state index in [1.807, 2.05) is 30.9 Å². The number of rotatable bonds is 4. The molecule has 6 nitrogen and oxygen atoms in total. The summed E-state index contributed by atoms with van der Waals surface area (Å²) in [4.78, 5) is 34.2. The number of carbonyl (C=O) groups is 2. The van der Waals surface area contributed by atoms with Gasteiger partial charge < -0.3 is 14.5 Å². The van der Waals surface area contributed by atoms with E-state index in [0.29, 0.717) is 43.9 Å². The number of aryl methyl sites for hydroxylation is 2. The van der Waals surface area contributed by atoms with Gasteiger partial charge in [-0.25, -0.2) is 4.98 Å². The molecule has 26 heavy (non-hydrogen) atoms. The molecule has 2 aromatic rings. The summed E-state index contributed by atoms with van der Waals surface area (Å²) in [5, 5.41) is 0.985. The molecule has 0 unspecified atom stereocenters. The molecule has 138 valence electrons. The third kappa shape index (κ3) is 4.04. The lowest BCUT2D eigenvalue weighted by Gasteiger charge is -2.35. The van der Waals surface area contributed by atoms with Gasteiger partial charge in [-0.3, -0.25) is 9.59 Å². The summed E-state index contributed by atoms with van der Waals surface area (Å²) in [6, 6.07) is 7.16. The van der Waals surface area contributed by atoms with Gasteiger partial charge in [0.15, 0.2) is 0 Å². The van der Waals surface area contributed by atoms with E-state index in [4.69, 9.17) is 4.74 Å². The number of amides is 2. The number of aromatic nitrogens is 1. The molecular weight excluding hydrogens is 350 g/mol. The number of ether oxygens (including phenoxy) is 1. The minimum absolute atomic E-state index is 0.0232. The normalized spacial score (nSPS) is 14.4. The van der Waals surface area contributed by atoms with Crippen LogP contribution >= 0.6 is 11.3 Å². The highest BCUT2D eigenvalue weighted by Gasteiger charge is 2.25. The van der Waals surface area contributed by atoms with Crippen LogP contribution in [0.15, 0.2) is 24.3 Å². The maximum atomic E-state index is 12.6. The highest BCUT2D eigenvalue weighted by Crippen LogP contribution is 2.19. The van der Waals surface area contributed by atoms with Gasteiger partial charge in [-0.15, -0.1) is 11.3 Å². The molecule has 1 aromatic heterocycles. The zero-order chi connectivity index (χ0) is 18.7. The Morgan fingerprint density at radius 1 is 1.15 bits per heavy atom. The van der Waals surface area contributed by atoms with E-state index in [1.165, 1.54) is 0 Å². The third-order valence-corrected chi connectivity index (χ3v) is 5.62. The van der Waals surface area contributed by atoms with Crippen LogP contribution in [0.1, 0.15) is 25.9 Å². The minimum atomic E-state index is -0.0232. The van der Waals surface area contributed by atoms with Crippen molar-refractivity contribution in [2.24, 2.45) is 0 Å². The number of carbonyl (C=O) groups excluding carboxylic acids is 2. The predicted octanol–water partition coefficient (Wildman–Crippen LogP) is 2.30. The number of hydrogen-bond donors (Lipinski definition) is 0. The molecule has 0 atom stereocenters. The van der Waals surface area contributed by atoms with E-state index in [1.54, 1.807) is 35.5 Å². The molecule has 1 saturated heterocycles. The Balaban J connectivity index is 1.57. The summed E-state index contributed by atoms with van der Waals surface area (Å²) in [5.74, 6) is 0.745. The van der Waals surface area contributed by atoms with Crippen LogP contribution in [0.4, 0.5) is 0 Å². The molecular formula is C19H23N3O3S. The van der Waals surface area contributed by atoms with Crippen LogP contribution in [0.25, 0.3) is 0 Å². The molecule has 1 fully saturated rings. The highest BCUT2D eigenvalue weighted by molar-refractivity contribution is 7.11. The van der Waals surface area contributed by atoms with Gasteiger partial charge in [0.25, 0.3) is 5.91 Å². The lowest BCUT2D eigenvalue weighted by Crippen LogP contribution is -2.51. The fourth-order valence-corrected chi connectivity index (χ4v) is 4.01. The minimum Gasteiger partial charge on any atom is -0.497 e. The zero-order valence-electron chi connectivity index (χ0n) is 15.3. The number of hydrogen-bond acceptors (Lipinski definition) is 5. The van der Waals surface area contributed by atoms with E-state index in [-0.39, 0.29) is 11.8 Å². The average Bonchev–Trinajstić information content (AvgIpc) is 2.98. The first-order valence-electron chi connectivity index (χ1n) is 8.62. The van der Waals surface area contributed by atoms with Crippen LogP contribution in [0.5, 0.6) is 5.75 Å². The average molecular weight is 373 g/mol. The summed E-state index contributed by atoms with van der Waals surface area (Å²) < 4.78 is 5.18. The summed E-state index contributed by atoms with van der Waals surface area (Å²) in [6.45, 7) is 6.10. The molecule has 7 heteroatoms. The van der Waals surface area contributed by atoms with E-state index in [2.05, 4.69) is 4.98 Å². The van der Waals surface area contributed by atoms with Crippen LogP contribution in [-0.2, 0) is 11.2 Å². The van der Waals surface area contributed by atoms with Crippen LogP contribution in [0.3, 0.4) is 0 Å². The largest absolute Gasteiger partial charge is 0.497 e. The van der Waals surface area contributed by atoms with Gasteiger partial charge in [-0.2, -0.15) is 0 Å². The first kappa shape index (κ1) is 18.4. The molecule has 1 aromatic carbocycles. The third-order valence-electron chi connectivity index (χ3n) is 4.55. The van der Waals surface area contributed by atoms with Crippen LogP contribution in [0.2, 0.25) is 0 Å². The standard InChI is InChI=1S/C19H23N3O3S/c1-13-17(26-14(2)20-13)12-18(23)21-7-9-22(10-8-21)19(24)15-5-4-6-16(11-15)25-3/h4-6,11H,7-10,12H2,1-3H3. The fourth-order valence-electron chi connectivity index (χ4n) is 3.08. The number of thiazole rings is 1. The molecule has 0 radical (unpaired) electrons. The van der Waals surface area contributed by atoms with Crippen LogP contribution in [0, 0.1) is 13.8 Å².